The summed E-state index contributed by atoms with van der Waals surface area (Å²) in [5, 5.41) is 0. The third kappa shape index (κ3) is 5.11. The average molecular weight is 341 g/mol. The maximum Gasteiger partial charge on any atom is 0.260 e. The van der Waals surface area contributed by atoms with Crippen LogP contribution in [0, 0.1) is 5.41 Å². The van der Waals surface area contributed by atoms with Gasteiger partial charge in [0.1, 0.15) is 5.75 Å². The van der Waals surface area contributed by atoms with Gasteiger partial charge in [-0.15, -0.1) is 12.4 Å². The molecule has 1 aromatic rings. The molecular weight excluding hydrogens is 312 g/mol. The summed E-state index contributed by atoms with van der Waals surface area (Å²) >= 11 is 0. The lowest BCUT2D eigenvalue weighted by Gasteiger charge is -2.42. The molecule has 23 heavy (non-hydrogen) atoms. The van der Waals surface area contributed by atoms with E-state index < -0.39 is 0 Å². The Morgan fingerprint density at radius 3 is 2.48 bits per heavy atom. The summed E-state index contributed by atoms with van der Waals surface area (Å²) in [6.07, 6.45) is 0.849. The van der Waals surface area contributed by atoms with Crippen LogP contribution in [-0.4, -0.2) is 36.5 Å². The van der Waals surface area contributed by atoms with Gasteiger partial charge in [0, 0.05) is 19.1 Å². The quantitative estimate of drug-likeness (QED) is 0.915. The first kappa shape index (κ1) is 19.8. The van der Waals surface area contributed by atoms with Crippen molar-refractivity contribution in [2.75, 3.05) is 19.7 Å². The third-order valence-electron chi connectivity index (χ3n) is 4.57. The fraction of sp³-hybridized carbons (Fsp3) is 0.611. The molecule has 1 amide bonds. The zero-order valence-electron chi connectivity index (χ0n) is 14.5. The summed E-state index contributed by atoms with van der Waals surface area (Å²) in [4.78, 5) is 14.2. The number of nitrogens with two attached hydrogens (primary N) is 1. The van der Waals surface area contributed by atoms with Crippen molar-refractivity contribution in [1.29, 1.82) is 0 Å². The normalized spacial score (nSPS) is 20.1. The second-order valence-electron chi connectivity index (χ2n) is 7.21. The number of nitrogens with zero attached hydrogens (tertiary/aromatic N) is 1. The van der Waals surface area contributed by atoms with Gasteiger partial charge in [0.15, 0.2) is 6.61 Å². The van der Waals surface area contributed by atoms with Gasteiger partial charge in [-0.25, -0.2) is 0 Å². The first-order valence-corrected chi connectivity index (χ1v) is 8.06. The van der Waals surface area contributed by atoms with Gasteiger partial charge in [0.05, 0.1) is 0 Å². The van der Waals surface area contributed by atoms with Crippen LogP contribution in [0.5, 0.6) is 5.75 Å². The maximum atomic E-state index is 12.3. The number of hydrogen-bond acceptors (Lipinski definition) is 3. The predicted molar refractivity (Wildman–Crippen MR) is 96.2 cm³/mol. The summed E-state index contributed by atoms with van der Waals surface area (Å²) < 4.78 is 5.63. The van der Waals surface area contributed by atoms with Gasteiger partial charge in [-0.3, -0.25) is 4.79 Å². The van der Waals surface area contributed by atoms with E-state index in [1.807, 2.05) is 29.2 Å². The number of ether oxygens (including phenoxy) is 1. The first-order valence-electron chi connectivity index (χ1n) is 8.06. The molecule has 2 N–H and O–H groups in total. The molecule has 0 spiro atoms. The van der Waals surface area contributed by atoms with Crippen LogP contribution in [0.25, 0.3) is 0 Å². The Kier molecular flexibility index (Phi) is 6.90. The van der Waals surface area contributed by atoms with Crippen LogP contribution >= 0.6 is 12.4 Å². The van der Waals surface area contributed by atoms with E-state index in [-0.39, 0.29) is 36.4 Å². The highest BCUT2D eigenvalue weighted by atomic mass is 35.5. The zero-order valence-corrected chi connectivity index (χ0v) is 15.4. The van der Waals surface area contributed by atoms with Crippen molar-refractivity contribution in [2.45, 2.75) is 46.1 Å². The van der Waals surface area contributed by atoms with Gasteiger partial charge in [-0.1, -0.05) is 39.8 Å². The molecule has 2 rings (SSSR count). The number of carbonyl (C=O) groups is 1. The number of carbonyl (C=O) groups excluding carboxylic acids is 1. The summed E-state index contributed by atoms with van der Waals surface area (Å²) in [5.74, 6) is 1.27. The van der Waals surface area contributed by atoms with Crippen molar-refractivity contribution in [3.63, 3.8) is 0 Å². The lowest BCUT2D eigenvalue weighted by molar-refractivity contribution is -0.136. The molecule has 1 aliphatic rings. The van der Waals surface area contributed by atoms with Gasteiger partial charge in [0.25, 0.3) is 5.91 Å². The Morgan fingerprint density at radius 2 is 1.96 bits per heavy atom. The number of halogens is 1. The van der Waals surface area contributed by atoms with Crippen LogP contribution in [0.15, 0.2) is 24.3 Å². The highest BCUT2D eigenvalue weighted by molar-refractivity contribution is 5.85. The largest absolute Gasteiger partial charge is 0.484 e. The third-order valence-corrected chi connectivity index (χ3v) is 4.57. The van der Waals surface area contributed by atoms with E-state index in [1.165, 1.54) is 5.56 Å². The van der Waals surface area contributed by atoms with Crippen molar-refractivity contribution in [2.24, 2.45) is 11.1 Å². The second kappa shape index (κ2) is 8.02. The molecule has 0 saturated carbocycles. The summed E-state index contributed by atoms with van der Waals surface area (Å²) in [7, 11) is 0. The molecule has 0 aromatic heterocycles. The van der Waals surface area contributed by atoms with Crippen molar-refractivity contribution in [3.8, 4) is 5.75 Å². The molecule has 1 saturated heterocycles. The Bertz CT molecular complexity index is 514. The van der Waals surface area contributed by atoms with Crippen molar-refractivity contribution < 1.29 is 9.53 Å². The van der Waals surface area contributed by atoms with E-state index in [1.54, 1.807) is 0 Å². The summed E-state index contributed by atoms with van der Waals surface area (Å²) in [6.45, 7) is 10.0. The molecule has 130 valence electrons. The first-order chi connectivity index (χ1) is 10.3. The van der Waals surface area contributed by atoms with Crippen LogP contribution in [0.2, 0.25) is 0 Å². The SMILES string of the molecule is CC(C)c1ccc(OCC(=O)N2CCC(N)C(C)(C)C2)cc1.Cl. The van der Waals surface area contributed by atoms with E-state index in [0.717, 1.165) is 18.7 Å². The molecule has 1 heterocycles. The van der Waals surface area contributed by atoms with Crippen LogP contribution in [-0.2, 0) is 4.79 Å². The van der Waals surface area contributed by atoms with Gasteiger partial charge in [-0.05, 0) is 35.4 Å². The Balaban J connectivity index is 0.00000264. The zero-order chi connectivity index (χ0) is 16.3. The number of likely N-dealkylation sites (tertiary alicyclic amines) is 1. The molecule has 0 radical (unpaired) electrons. The van der Waals surface area contributed by atoms with E-state index in [2.05, 4.69) is 27.7 Å². The molecule has 1 aromatic carbocycles. The maximum absolute atomic E-state index is 12.3. The molecule has 0 bridgehead atoms. The minimum atomic E-state index is -0.0349. The van der Waals surface area contributed by atoms with Crippen LogP contribution in [0.1, 0.15) is 45.6 Å². The van der Waals surface area contributed by atoms with E-state index in [4.69, 9.17) is 10.5 Å². The molecular formula is C18H29ClN2O2. The molecule has 1 unspecified atom stereocenters. The monoisotopic (exact) mass is 340 g/mol. The summed E-state index contributed by atoms with van der Waals surface area (Å²) in [5.41, 5.74) is 7.34. The highest BCUT2D eigenvalue weighted by Crippen LogP contribution is 2.27. The van der Waals surface area contributed by atoms with Gasteiger partial charge >= 0.3 is 0 Å². The van der Waals surface area contributed by atoms with Crippen molar-refractivity contribution in [1.82, 2.24) is 4.90 Å². The Labute approximate surface area is 145 Å². The number of piperidine rings is 1. The topological polar surface area (TPSA) is 55.6 Å². The number of rotatable bonds is 4. The highest BCUT2D eigenvalue weighted by Gasteiger charge is 2.35. The van der Waals surface area contributed by atoms with E-state index in [9.17, 15) is 4.79 Å². The molecule has 5 heteroatoms. The fourth-order valence-electron chi connectivity index (χ4n) is 2.77. The lowest BCUT2D eigenvalue weighted by Crippen LogP contribution is -2.54. The molecule has 1 aliphatic heterocycles. The van der Waals surface area contributed by atoms with E-state index >= 15 is 0 Å². The number of hydrogen-bond donors (Lipinski definition) is 1. The van der Waals surface area contributed by atoms with Gasteiger partial charge in [-0.2, -0.15) is 0 Å². The van der Waals surface area contributed by atoms with Crippen LogP contribution < -0.4 is 10.5 Å². The minimum absolute atomic E-state index is 0. The Hall–Kier alpha value is -1.26. The van der Waals surface area contributed by atoms with Gasteiger partial charge < -0.3 is 15.4 Å². The fourth-order valence-corrected chi connectivity index (χ4v) is 2.77. The van der Waals surface area contributed by atoms with E-state index in [0.29, 0.717) is 12.5 Å². The summed E-state index contributed by atoms with van der Waals surface area (Å²) in [6, 6.07) is 8.11. The molecule has 4 nitrogen and oxygen atoms in total. The van der Waals surface area contributed by atoms with Crippen molar-refractivity contribution >= 4 is 18.3 Å². The van der Waals surface area contributed by atoms with Gasteiger partial charge in [0.2, 0.25) is 0 Å². The Morgan fingerprint density at radius 1 is 1.35 bits per heavy atom. The predicted octanol–water partition coefficient (Wildman–Crippen LogP) is 3.20. The van der Waals surface area contributed by atoms with Crippen LogP contribution in [0.3, 0.4) is 0 Å². The standard InChI is InChI=1S/C18H28N2O2.ClH/c1-13(2)14-5-7-15(8-6-14)22-11-17(21)20-10-9-16(19)18(3,4)12-20;/h5-8,13,16H,9-12,19H2,1-4H3;1H. The smallest absolute Gasteiger partial charge is 0.260 e. The lowest BCUT2D eigenvalue weighted by atomic mass is 9.80. The average Bonchev–Trinajstić information content (AvgIpc) is 2.48. The second-order valence-corrected chi connectivity index (χ2v) is 7.21. The number of amides is 1. The molecule has 0 aliphatic carbocycles. The van der Waals surface area contributed by atoms with Crippen molar-refractivity contribution in [3.05, 3.63) is 29.8 Å². The number of benzene rings is 1. The minimum Gasteiger partial charge on any atom is -0.484 e. The molecule has 1 atom stereocenters. The molecule has 1 fully saturated rings. The van der Waals surface area contributed by atoms with Crippen LogP contribution in [0.4, 0.5) is 0 Å².